The van der Waals surface area contributed by atoms with Gasteiger partial charge in [0.2, 0.25) is 5.88 Å². The van der Waals surface area contributed by atoms with Crippen molar-refractivity contribution in [2.75, 3.05) is 11.9 Å². The lowest BCUT2D eigenvalue weighted by Gasteiger charge is -2.33. The number of rotatable bonds is 7. The van der Waals surface area contributed by atoms with Crippen LogP contribution in [0.15, 0.2) is 113 Å². The average molecular weight is 660 g/mol. The highest BCUT2D eigenvalue weighted by Gasteiger charge is 2.41. The Balaban J connectivity index is 1.34. The molecule has 2 heterocycles. The van der Waals surface area contributed by atoms with Gasteiger partial charge in [0.1, 0.15) is 23.1 Å². The summed E-state index contributed by atoms with van der Waals surface area (Å²) in [6.07, 6.45) is 6.51. The van der Waals surface area contributed by atoms with Crippen molar-refractivity contribution in [2.24, 2.45) is 4.36 Å². The molecular formula is C38H37N5O4S. The Hall–Kier alpha value is -4.93. The number of anilines is 1. The Morgan fingerprint density at radius 3 is 1.94 bits per heavy atom. The molecular weight excluding hydrogens is 623 g/mol. The second kappa shape index (κ2) is 12.3. The molecule has 1 aliphatic heterocycles. The van der Waals surface area contributed by atoms with E-state index in [9.17, 15) is 9.90 Å². The van der Waals surface area contributed by atoms with Crippen LogP contribution in [0.3, 0.4) is 0 Å². The molecule has 3 N–H and O–H groups in total. The van der Waals surface area contributed by atoms with Gasteiger partial charge in [0.15, 0.2) is 9.92 Å². The van der Waals surface area contributed by atoms with E-state index in [4.69, 9.17) is 9.10 Å². The number of urea groups is 1. The van der Waals surface area contributed by atoms with Crippen LogP contribution in [0.5, 0.6) is 5.88 Å². The third-order valence-electron chi connectivity index (χ3n) is 9.64. The highest BCUT2D eigenvalue weighted by Crippen LogP contribution is 2.44. The van der Waals surface area contributed by atoms with Gasteiger partial charge in [-0.3, -0.25) is 0 Å². The fraction of sp³-hybridized carbons (Fsp3) is 0.263. The minimum atomic E-state index is -3.86. The van der Waals surface area contributed by atoms with Gasteiger partial charge in [0.05, 0.1) is 12.7 Å². The maximum absolute atomic E-state index is 15.9. The summed E-state index contributed by atoms with van der Waals surface area (Å²) in [4.78, 5) is 14.4. The first-order chi connectivity index (χ1) is 23.4. The van der Waals surface area contributed by atoms with Crippen molar-refractivity contribution in [2.45, 2.75) is 61.6 Å². The van der Waals surface area contributed by atoms with E-state index in [1.807, 2.05) is 91.0 Å². The van der Waals surface area contributed by atoms with Crippen LogP contribution in [-0.2, 0) is 47.7 Å². The second-order valence-corrected chi connectivity index (χ2v) is 14.6. The Kier molecular flexibility index (Phi) is 7.77. The number of benzene rings is 4. The van der Waals surface area contributed by atoms with E-state index in [1.165, 1.54) is 33.1 Å². The van der Waals surface area contributed by atoms with E-state index in [0.717, 1.165) is 60.9 Å². The van der Waals surface area contributed by atoms with E-state index in [1.54, 1.807) is 0 Å². The van der Waals surface area contributed by atoms with Gasteiger partial charge < -0.3 is 15.2 Å². The zero-order valence-corrected chi connectivity index (χ0v) is 27.3. The zero-order valence-electron chi connectivity index (χ0n) is 26.5. The van der Waals surface area contributed by atoms with Crippen LogP contribution in [0, 0.1) is 0 Å². The summed E-state index contributed by atoms with van der Waals surface area (Å²) in [5, 5.41) is 17.9. The lowest BCUT2D eigenvalue weighted by Crippen LogP contribution is -2.39. The lowest BCUT2D eigenvalue weighted by molar-refractivity contribution is 0.0538. The summed E-state index contributed by atoms with van der Waals surface area (Å²) in [5.41, 5.74) is 6.74. The molecule has 2 aliphatic carbocycles. The Morgan fingerprint density at radius 2 is 1.40 bits per heavy atom. The zero-order chi connectivity index (χ0) is 32.7. The van der Waals surface area contributed by atoms with Crippen molar-refractivity contribution in [1.82, 2.24) is 14.5 Å². The molecule has 3 aliphatic rings. The Bertz CT molecular complexity index is 1980. The van der Waals surface area contributed by atoms with Crippen LogP contribution in [0.25, 0.3) is 0 Å². The number of amides is 2. The number of aliphatic hydroxyl groups is 1. The Labute approximate surface area is 280 Å². The number of nitrogens with one attached hydrogen (secondary N) is 2. The monoisotopic (exact) mass is 659 g/mol. The molecule has 2 atom stereocenters. The second-order valence-electron chi connectivity index (χ2n) is 12.7. The van der Waals surface area contributed by atoms with Crippen LogP contribution in [0.4, 0.5) is 10.5 Å². The number of carbonyl (C=O) groups excluding carboxylic acids is 1. The number of hydrogen-bond donors (Lipinski definition) is 3. The number of fused-ring (bicyclic) bond motifs is 3. The first-order valence-electron chi connectivity index (χ1n) is 16.5. The molecule has 0 spiro atoms. The molecule has 9 nitrogen and oxygen atoms in total. The summed E-state index contributed by atoms with van der Waals surface area (Å²) in [6, 6.07) is 30.8. The van der Waals surface area contributed by atoms with E-state index in [2.05, 4.69) is 21.2 Å². The highest BCUT2D eigenvalue weighted by molar-refractivity contribution is 7.92. The molecule has 0 fully saturated rings. The van der Waals surface area contributed by atoms with Gasteiger partial charge in [0.25, 0.3) is 0 Å². The van der Waals surface area contributed by atoms with E-state index >= 15 is 4.21 Å². The predicted octanol–water partition coefficient (Wildman–Crippen LogP) is 6.17. The third kappa shape index (κ3) is 5.25. The topological polar surface area (TPSA) is 118 Å². The van der Waals surface area contributed by atoms with Crippen molar-refractivity contribution < 1.29 is 18.8 Å². The normalized spacial score (nSPS) is 17.7. The first kappa shape index (κ1) is 30.4. The van der Waals surface area contributed by atoms with Gasteiger partial charge in [-0.1, -0.05) is 97.1 Å². The van der Waals surface area contributed by atoms with Gasteiger partial charge in [-0.25, -0.2) is 18.4 Å². The fourth-order valence-corrected chi connectivity index (χ4v) is 9.35. The number of carbonyl (C=O) groups is 1. The molecule has 8 rings (SSSR count). The minimum Gasteiger partial charge on any atom is -0.474 e. The first-order valence-corrected chi connectivity index (χ1v) is 18.0. The maximum atomic E-state index is 15.9. The van der Waals surface area contributed by atoms with E-state index in [-0.39, 0.29) is 23.9 Å². The molecule has 1 aromatic heterocycles. The van der Waals surface area contributed by atoms with Crippen LogP contribution >= 0.6 is 0 Å². The summed E-state index contributed by atoms with van der Waals surface area (Å²) in [6.45, 7) is 0.171. The molecule has 244 valence electrons. The highest BCUT2D eigenvalue weighted by atomic mass is 32.2. The van der Waals surface area contributed by atoms with Crippen LogP contribution in [0.2, 0.25) is 0 Å². The lowest BCUT2D eigenvalue weighted by atomic mass is 9.78. The number of aryl methyl sites for hydroxylation is 2. The van der Waals surface area contributed by atoms with Crippen molar-refractivity contribution in [1.29, 1.82) is 0 Å². The largest absolute Gasteiger partial charge is 0.474 e. The van der Waals surface area contributed by atoms with Gasteiger partial charge in [-0.15, -0.1) is 0 Å². The van der Waals surface area contributed by atoms with Crippen LogP contribution in [-0.4, -0.2) is 37.8 Å². The van der Waals surface area contributed by atoms with Gasteiger partial charge >= 0.3 is 6.03 Å². The molecule has 4 aromatic carbocycles. The number of nitrogens with zero attached hydrogens (tertiary/aromatic N) is 3. The molecule has 0 saturated carbocycles. The smallest absolute Gasteiger partial charge is 0.331 e. The van der Waals surface area contributed by atoms with E-state index in [0.29, 0.717) is 0 Å². The quantitative estimate of drug-likeness (QED) is 0.181. The molecule has 2 amide bonds. The molecule has 5 aromatic rings. The third-order valence-corrected chi connectivity index (χ3v) is 11.5. The van der Waals surface area contributed by atoms with Crippen molar-refractivity contribution in [3.63, 3.8) is 0 Å². The van der Waals surface area contributed by atoms with Crippen molar-refractivity contribution in [3.05, 3.63) is 142 Å². The van der Waals surface area contributed by atoms with Gasteiger partial charge in [-0.2, -0.15) is 9.46 Å². The molecule has 10 heteroatoms. The Morgan fingerprint density at radius 1 is 0.854 bits per heavy atom. The summed E-state index contributed by atoms with van der Waals surface area (Å²) >= 11 is 0. The number of aliphatic hydroxyl groups excluding tert-OH is 1. The van der Waals surface area contributed by atoms with Crippen molar-refractivity contribution >= 4 is 21.6 Å². The van der Waals surface area contributed by atoms with E-state index < -0.39 is 27.6 Å². The van der Waals surface area contributed by atoms with Crippen LogP contribution < -0.4 is 14.8 Å². The molecule has 1 unspecified atom stereocenters. The minimum absolute atomic E-state index is 0.00387. The fourth-order valence-electron chi connectivity index (χ4n) is 7.50. The summed E-state index contributed by atoms with van der Waals surface area (Å²) in [5.74, 6) is 0.207. The van der Waals surface area contributed by atoms with Gasteiger partial charge in [-0.05, 0) is 77.5 Å². The standard InChI is InChI=1S/C38H37N5O4S/c44-31-24-43-36(47-25-31)34(23-39-43)48(46,41-37(45)40-35-32-20-10-12-26(32)22-27-13-11-21-33(27)35)42-38(28-14-4-1-5-15-28,29-16-6-2-7-17-29)30-18-8-3-9-19-30/h1-9,14-19,22-23,31,44H,10-13,20-21,24-25H2,(H2,40,41,42,45,46)/t31-,48?/m0/s1. The van der Waals surface area contributed by atoms with Crippen molar-refractivity contribution in [3.8, 4) is 5.88 Å². The molecule has 0 radical (unpaired) electrons. The average Bonchev–Trinajstić information content (AvgIpc) is 3.88. The summed E-state index contributed by atoms with van der Waals surface area (Å²) in [7, 11) is -3.86. The van der Waals surface area contributed by atoms with Crippen LogP contribution in [0.1, 0.15) is 51.8 Å². The summed E-state index contributed by atoms with van der Waals surface area (Å²) < 4.78 is 31.5. The molecule has 48 heavy (non-hydrogen) atoms. The SMILES string of the molecule is O=C(Nc1c2c(cc3c1CCC3)CCC2)NS(=O)(=NC(c1ccccc1)(c1ccccc1)c1ccccc1)c1cnn2c1OC[C@@H](O)C2. The number of hydrogen-bond acceptors (Lipinski definition) is 6. The predicted molar refractivity (Wildman–Crippen MR) is 184 cm³/mol. The number of aromatic nitrogens is 2. The van der Waals surface area contributed by atoms with Gasteiger partial charge in [0, 0.05) is 5.69 Å². The number of ether oxygens (including phenoxy) is 1. The molecule has 0 bridgehead atoms. The molecule has 0 saturated heterocycles. The maximum Gasteiger partial charge on any atom is 0.331 e.